The summed E-state index contributed by atoms with van der Waals surface area (Å²) >= 11 is 1.52. The number of carbonyl (C=O) groups excluding carboxylic acids is 3. The number of esters is 1. The molecule has 152 valence electrons. The summed E-state index contributed by atoms with van der Waals surface area (Å²) in [5, 5.41) is 2.41. The van der Waals surface area contributed by atoms with E-state index in [-0.39, 0.29) is 17.3 Å². The Morgan fingerprint density at radius 3 is 2.79 bits per heavy atom. The molecule has 2 amide bonds. The Labute approximate surface area is 164 Å². The van der Waals surface area contributed by atoms with Crippen molar-refractivity contribution < 1.29 is 32.6 Å². The third kappa shape index (κ3) is 4.06. The molecule has 7 nitrogen and oxygen atoms in total. The summed E-state index contributed by atoms with van der Waals surface area (Å²) in [6.45, 7) is 0.239. The molecule has 28 heavy (non-hydrogen) atoms. The van der Waals surface area contributed by atoms with Gasteiger partial charge >= 0.3 is 12.6 Å². The van der Waals surface area contributed by atoms with Crippen LogP contribution in [0.2, 0.25) is 0 Å². The van der Waals surface area contributed by atoms with E-state index in [9.17, 15) is 23.2 Å². The van der Waals surface area contributed by atoms with Gasteiger partial charge in [0, 0.05) is 12.2 Å². The average molecular weight is 414 g/mol. The van der Waals surface area contributed by atoms with Gasteiger partial charge in [-0.1, -0.05) is 12.1 Å². The molecule has 0 unspecified atom stereocenters. The zero-order valence-corrected chi connectivity index (χ0v) is 16.1. The van der Waals surface area contributed by atoms with Crippen molar-refractivity contribution in [1.29, 1.82) is 0 Å². The number of ether oxygens (including phenoxy) is 2. The van der Waals surface area contributed by atoms with Crippen molar-refractivity contribution in [1.82, 2.24) is 4.90 Å². The minimum Gasteiger partial charge on any atom is -0.451 e. The Morgan fingerprint density at radius 1 is 1.36 bits per heavy atom. The minimum absolute atomic E-state index is 0.0365. The van der Waals surface area contributed by atoms with Crippen molar-refractivity contribution in [2.45, 2.75) is 50.3 Å². The fraction of sp³-hybridized carbons (Fsp3) is 0.500. The molecular formula is C18H20F2N2O5S. The smallest absolute Gasteiger partial charge is 0.387 e. The van der Waals surface area contributed by atoms with E-state index in [1.807, 2.05) is 6.92 Å². The molecule has 2 aliphatic heterocycles. The van der Waals surface area contributed by atoms with Crippen LogP contribution in [0, 0.1) is 0 Å². The summed E-state index contributed by atoms with van der Waals surface area (Å²) in [5.74, 6) is -1.26. The SMILES string of the molecule is C[C@@H](OC(=O)[C@H]1CS[C@@]2(C)CCC(=O)N12)C(=O)Nc1ccccc1OC(F)F. The second kappa shape index (κ2) is 7.94. The maximum atomic E-state index is 12.5. The molecule has 2 fully saturated rings. The molecule has 1 aromatic carbocycles. The molecule has 1 N–H and O–H groups in total. The number of thioether (sulfide) groups is 1. The Balaban J connectivity index is 1.62. The van der Waals surface area contributed by atoms with E-state index in [1.54, 1.807) is 6.07 Å². The van der Waals surface area contributed by atoms with Crippen LogP contribution >= 0.6 is 11.8 Å². The third-order valence-electron chi connectivity index (χ3n) is 4.74. The van der Waals surface area contributed by atoms with Crippen LogP contribution in [0.5, 0.6) is 5.75 Å². The lowest BCUT2D eigenvalue weighted by atomic mass is 10.2. The van der Waals surface area contributed by atoms with E-state index in [0.717, 1.165) is 0 Å². The number of anilines is 1. The van der Waals surface area contributed by atoms with Crippen LogP contribution in [0.1, 0.15) is 26.7 Å². The third-order valence-corrected chi connectivity index (χ3v) is 6.25. The number of amides is 2. The Kier molecular flexibility index (Phi) is 5.78. The van der Waals surface area contributed by atoms with Crippen LogP contribution in [-0.4, -0.2) is 52.1 Å². The van der Waals surface area contributed by atoms with Gasteiger partial charge in [-0.3, -0.25) is 9.59 Å². The molecule has 3 rings (SSSR count). The largest absolute Gasteiger partial charge is 0.451 e. The van der Waals surface area contributed by atoms with E-state index < -0.39 is 35.5 Å². The van der Waals surface area contributed by atoms with Gasteiger partial charge in [0.2, 0.25) is 5.91 Å². The number of hydrogen-bond acceptors (Lipinski definition) is 6. The highest BCUT2D eigenvalue weighted by Gasteiger charge is 2.53. The maximum absolute atomic E-state index is 12.5. The van der Waals surface area contributed by atoms with E-state index >= 15 is 0 Å². The number of alkyl halides is 2. The Morgan fingerprint density at radius 2 is 2.07 bits per heavy atom. The van der Waals surface area contributed by atoms with Crippen molar-refractivity contribution in [3.05, 3.63) is 24.3 Å². The molecule has 0 aromatic heterocycles. The van der Waals surface area contributed by atoms with E-state index in [1.165, 1.54) is 41.8 Å². The number of carbonyl (C=O) groups is 3. The number of para-hydroxylation sites is 2. The van der Waals surface area contributed by atoms with Gasteiger partial charge in [0.1, 0.15) is 11.8 Å². The zero-order chi connectivity index (χ0) is 20.5. The van der Waals surface area contributed by atoms with E-state index in [2.05, 4.69) is 10.1 Å². The first-order chi connectivity index (χ1) is 13.2. The van der Waals surface area contributed by atoms with E-state index in [4.69, 9.17) is 4.74 Å². The van der Waals surface area contributed by atoms with Crippen molar-refractivity contribution in [3.63, 3.8) is 0 Å². The fourth-order valence-electron chi connectivity index (χ4n) is 3.30. The van der Waals surface area contributed by atoms with Gasteiger partial charge in [-0.15, -0.1) is 11.8 Å². The molecule has 2 aliphatic rings. The Hall–Kier alpha value is -2.36. The number of benzene rings is 1. The summed E-state index contributed by atoms with van der Waals surface area (Å²) in [4.78, 5) is 38.1. The number of nitrogens with one attached hydrogen (secondary N) is 1. The zero-order valence-electron chi connectivity index (χ0n) is 15.3. The lowest BCUT2D eigenvalue weighted by molar-refractivity contribution is -0.160. The topological polar surface area (TPSA) is 84.9 Å². The van der Waals surface area contributed by atoms with Gasteiger partial charge in [0.05, 0.1) is 10.6 Å². The number of halogens is 2. The van der Waals surface area contributed by atoms with Crippen LogP contribution in [0.4, 0.5) is 14.5 Å². The minimum atomic E-state index is -3.04. The van der Waals surface area contributed by atoms with Gasteiger partial charge in [0.15, 0.2) is 6.10 Å². The van der Waals surface area contributed by atoms with E-state index in [0.29, 0.717) is 18.6 Å². The van der Waals surface area contributed by atoms with Gasteiger partial charge in [-0.2, -0.15) is 8.78 Å². The molecule has 10 heteroatoms. The summed E-state index contributed by atoms with van der Waals surface area (Å²) in [6.07, 6.45) is -0.136. The lowest BCUT2D eigenvalue weighted by Crippen LogP contribution is -2.48. The Bertz CT molecular complexity index is 793. The summed E-state index contributed by atoms with van der Waals surface area (Å²) < 4.78 is 34.5. The average Bonchev–Trinajstić information content (AvgIpc) is 3.12. The van der Waals surface area contributed by atoms with Gasteiger partial charge in [-0.25, -0.2) is 4.79 Å². The molecule has 0 saturated carbocycles. The molecule has 0 radical (unpaired) electrons. The predicted molar refractivity (Wildman–Crippen MR) is 98.0 cm³/mol. The molecule has 0 spiro atoms. The summed E-state index contributed by atoms with van der Waals surface area (Å²) in [5.41, 5.74) is 0.0365. The van der Waals surface area contributed by atoms with Gasteiger partial charge in [-0.05, 0) is 32.4 Å². The standard InChI is InChI=1S/C18H20F2N2O5S/c1-10(15(24)21-11-5-3-4-6-13(11)27-17(19)20)26-16(25)12-9-28-18(2)8-7-14(23)22(12)18/h3-6,10,12,17H,7-9H2,1-2H3,(H,21,24)/t10-,12-,18+/m1/s1. The highest BCUT2D eigenvalue weighted by molar-refractivity contribution is 8.01. The normalized spacial score (nSPS) is 24.8. The highest BCUT2D eigenvalue weighted by Crippen LogP contribution is 2.47. The molecular weight excluding hydrogens is 394 g/mol. The first kappa shape index (κ1) is 20.4. The van der Waals surface area contributed by atoms with Crippen LogP contribution in [0.15, 0.2) is 24.3 Å². The first-order valence-electron chi connectivity index (χ1n) is 8.72. The van der Waals surface area contributed by atoms with Crippen LogP contribution in [0.3, 0.4) is 0 Å². The molecule has 1 aromatic rings. The second-order valence-corrected chi connectivity index (χ2v) is 8.21. The van der Waals surface area contributed by atoms with Crippen molar-refractivity contribution in [3.8, 4) is 5.75 Å². The number of fused-ring (bicyclic) bond motifs is 1. The lowest BCUT2D eigenvalue weighted by Gasteiger charge is -2.29. The molecule has 0 aliphatic carbocycles. The molecule has 0 bridgehead atoms. The number of nitrogens with zero attached hydrogens (tertiary/aromatic N) is 1. The van der Waals surface area contributed by atoms with Gasteiger partial charge in [0.25, 0.3) is 5.91 Å². The van der Waals surface area contributed by atoms with Crippen LogP contribution < -0.4 is 10.1 Å². The molecule has 2 saturated heterocycles. The summed E-state index contributed by atoms with van der Waals surface area (Å²) in [7, 11) is 0. The highest BCUT2D eigenvalue weighted by atomic mass is 32.2. The fourth-order valence-corrected chi connectivity index (χ4v) is 4.72. The molecule has 3 atom stereocenters. The first-order valence-corrected chi connectivity index (χ1v) is 9.71. The van der Waals surface area contributed by atoms with Gasteiger partial charge < -0.3 is 19.7 Å². The van der Waals surface area contributed by atoms with Crippen LogP contribution in [0.25, 0.3) is 0 Å². The predicted octanol–water partition coefficient (Wildman–Crippen LogP) is 2.61. The van der Waals surface area contributed by atoms with Crippen molar-refractivity contribution in [2.24, 2.45) is 0 Å². The summed E-state index contributed by atoms with van der Waals surface area (Å²) in [6, 6.07) is 4.97. The molecule has 2 heterocycles. The monoisotopic (exact) mass is 414 g/mol. The van der Waals surface area contributed by atoms with Crippen molar-refractivity contribution >= 4 is 35.2 Å². The van der Waals surface area contributed by atoms with Crippen LogP contribution in [-0.2, 0) is 19.1 Å². The second-order valence-electron chi connectivity index (χ2n) is 6.71. The number of hydrogen-bond donors (Lipinski definition) is 1. The quantitative estimate of drug-likeness (QED) is 0.721. The van der Waals surface area contributed by atoms with Crippen molar-refractivity contribution in [2.75, 3.05) is 11.1 Å². The number of rotatable bonds is 6. The maximum Gasteiger partial charge on any atom is 0.387 e.